The van der Waals surface area contributed by atoms with Gasteiger partial charge in [-0.3, -0.25) is 0 Å². The Bertz CT molecular complexity index is 600. The van der Waals surface area contributed by atoms with Gasteiger partial charge in [-0.1, -0.05) is 24.3 Å². The van der Waals surface area contributed by atoms with Crippen molar-refractivity contribution in [1.29, 1.82) is 5.26 Å². The first kappa shape index (κ1) is 12.8. The third-order valence-electron chi connectivity index (χ3n) is 2.89. The van der Waals surface area contributed by atoms with E-state index < -0.39 is 10.0 Å². The number of allylic oxidation sites excluding steroid dienone is 1. The summed E-state index contributed by atoms with van der Waals surface area (Å²) in [6, 6.07) is 8.07. The second kappa shape index (κ2) is 5.34. The van der Waals surface area contributed by atoms with Gasteiger partial charge in [0.25, 0.3) is 0 Å². The van der Waals surface area contributed by atoms with Gasteiger partial charge in [0.15, 0.2) is 0 Å². The molecular weight excluding hydrogens is 248 g/mol. The number of nitrogens with one attached hydrogen (secondary N) is 1. The lowest BCUT2D eigenvalue weighted by atomic mass is 10.0. The molecule has 1 aliphatic carbocycles. The lowest BCUT2D eigenvalue weighted by molar-refractivity contribution is 0.522. The Balaban J connectivity index is 2.25. The van der Waals surface area contributed by atoms with Crippen LogP contribution in [0.3, 0.4) is 0 Å². The summed E-state index contributed by atoms with van der Waals surface area (Å²) in [5, 5.41) is 8.93. The molecule has 0 saturated heterocycles. The van der Waals surface area contributed by atoms with E-state index in [1.54, 1.807) is 12.1 Å². The Morgan fingerprint density at radius 2 is 2.06 bits per heavy atom. The molecule has 0 aliphatic heterocycles. The van der Waals surface area contributed by atoms with Crippen LogP contribution in [-0.2, 0) is 10.0 Å². The highest BCUT2D eigenvalue weighted by Crippen LogP contribution is 2.18. The zero-order valence-corrected chi connectivity index (χ0v) is 10.7. The van der Waals surface area contributed by atoms with E-state index in [0.717, 1.165) is 12.8 Å². The zero-order chi connectivity index (χ0) is 13.0. The second-order valence-corrected chi connectivity index (χ2v) is 5.89. The van der Waals surface area contributed by atoms with Gasteiger partial charge in [-0.15, -0.1) is 0 Å². The Morgan fingerprint density at radius 3 is 2.72 bits per heavy atom. The molecule has 0 amide bonds. The van der Waals surface area contributed by atoms with Gasteiger partial charge >= 0.3 is 0 Å². The van der Waals surface area contributed by atoms with Crippen molar-refractivity contribution < 1.29 is 8.42 Å². The van der Waals surface area contributed by atoms with Crippen molar-refractivity contribution >= 4 is 10.0 Å². The zero-order valence-electron chi connectivity index (χ0n) is 9.83. The Labute approximate surface area is 107 Å². The van der Waals surface area contributed by atoms with Crippen LogP contribution in [0.1, 0.15) is 24.8 Å². The molecular formula is C13H14N2O2S. The number of hydrogen-bond donors (Lipinski definition) is 1. The molecule has 1 unspecified atom stereocenters. The SMILES string of the molecule is N#Cc1ccccc1S(=O)(=O)NC1CC=CCC1. The van der Waals surface area contributed by atoms with Crippen molar-refractivity contribution in [2.45, 2.75) is 30.2 Å². The standard InChI is InChI=1S/C13H14N2O2S/c14-10-11-6-4-5-9-13(11)18(16,17)15-12-7-2-1-3-8-12/h1-2,4-6,9,12,15H,3,7-8H2. The molecule has 0 fully saturated rings. The molecule has 1 aromatic carbocycles. The summed E-state index contributed by atoms with van der Waals surface area (Å²) in [4.78, 5) is 0.0575. The van der Waals surface area contributed by atoms with E-state index in [0.29, 0.717) is 6.42 Å². The molecule has 4 nitrogen and oxygen atoms in total. The lowest BCUT2D eigenvalue weighted by Crippen LogP contribution is -2.35. The molecule has 1 N–H and O–H groups in total. The topological polar surface area (TPSA) is 70.0 Å². The minimum atomic E-state index is -3.61. The van der Waals surface area contributed by atoms with Gasteiger partial charge in [0.1, 0.15) is 6.07 Å². The average molecular weight is 262 g/mol. The Morgan fingerprint density at radius 1 is 1.28 bits per heavy atom. The van der Waals surface area contributed by atoms with Crippen molar-refractivity contribution in [2.75, 3.05) is 0 Å². The fraction of sp³-hybridized carbons (Fsp3) is 0.308. The van der Waals surface area contributed by atoms with Gasteiger partial charge in [0.2, 0.25) is 10.0 Å². The van der Waals surface area contributed by atoms with E-state index in [2.05, 4.69) is 4.72 Å². The minimum absolute atomic E-state index is 0.0575. The number of sulfonamides is 1. The number of hydrogen-bond acceptors (Lipinski definition) is 3. The predicted octanol–water partition coefficient (Wildman–Crippen LogP) is 1.95. The van der Waals surface area contributed by atoms with Gasteiger partial charge < -0.3 is 0 Å². The van der Waals surface area contributed by atoms with Crippen molar-refractivity contribution in [2.24, 2.45) is 0 Å². The molecule has 1 aromatic rings. The minimum Gasteiger partial charge on any atom is -0.208 e. The number of rotatable bonds is 3. The van der Waals surface area contributed by atoms with Crippen LogP contribution in [0.15, 0.2) is 41.3 Å². The summed E-state index contributed by atoms with van der Waals surface area (Å²) in [7, 11) is -3.61. The summed E-state index contributed by atoms with van der Waals surface area (Å²) in [6.07, 6.45) is 6.41. The second-order valence-electron chi connectivity index (χ2n) is 4.21. The fourth-order valence-corrected chi connectivity index (χ4v) is 3.42. The fourth-order valence-electron chi connectivity index (χ4n) is 1.98. The van der Waals surface area contributed by atoms with Gasteiger partial charge in [0.05, 0.1) is 10.5 Å². The summed E-state index contributed by atoms with van der Waals surface area (Å²) < 4.78 is 27.0. The van der Waals surface area contributed by atoms with E-state index >= 15 is 0 Å². The number of nitrogens with zero attached hydrogens (tertiary/aromatic N) is 1. The molecule has 0 saturated carbocycles. The van der Waals surface area contributed by atoms with Gasteiger partial charge in [-0.05, 0) is 31.4 Å². The molecule has 18 heavy (non-hydrogen) atoms. The molecule has 0 heterocycles. The summed E-state index contributed by atoms with van der Waals surface area (Å²) >= 11 is 0. The van der Waals surface area contributed by atoms with E-state index in [9.17, 15) is 8.42 Å². The average Bonchev–Trinajstić information content (AvgIpc) is 2.39. The summed E-state index contributed by atoms with van der Waals surface area (Å²) in [5.74, 6) is 0. The molecule has 5 heteroatoms. The van der Waals surface area contributed by atoms with Gasteiger partial charge in [-0.2, -0.15) is 5.26 Å². The van der Waals surface area contributed by atoms with Crippen LogP contribution in [0.2, 0.25) is 0 Å². The molecule has 94 valence electrons. The van der Waals surface area contributed by atoms with Crippen molar-refractivity contribution in [3.63, 3.8) is 0 Å². The molecule has 0 radical (unpaired) electrons. The predicted molar refractivity (Wildman–Crippen MR) is 68.3 cm³/mol. The van der Waals surface area contributed by atoms with Crippen molar-refractivity contribution in [1.82, 2.24) is 4.72 Å². The highest BCUT2D eigenvalue weighted by Gasteiger charge is 2.22. The molecule has 1 aliphatic rings. The first-order valence-corrected chi connectivity index (χ1v) is 7.28. The highest BCUT2D eigenvalue weighted by molar-refractivity contribution is 7.89. The molecule has 1 atom stereocenters. The third-order valence-corrected chi connectivity index (χ3v) is 4.47. The van der Waals surface area contributed by atoms with Crippen molar-refractivity contribution in [3.8, 4) is 6.07 Å². The van der Waals surface area contributed by atoms with Crippen LogP contribution in [0.5, 0.6) is 0 Å². The first-order valence-electron chi connectivity index (χ1n) is 5.80. The van der Waals surface area contributed by atoms with Crippen LogP contribution in [0.4, 0.5) is 0 Å². The Hall–Kier alpha value is -1.64. The largest absolute Gasteiger partial charge is 0.242 e. The molecule has 0 spiro atoms. The smallest absolute Gasteiger partial charge is 0.208 e. The van der Waals surface area contributed by atoms with Gasteiger partial charge in [-0.25, -0.2) is 13.1 Å². The highest BCUT2D eigenvalue weighted by atomic mass is 32.2. The van der Waals surface area contributed by atoms with Crippen LogP contribution in [-0.4, -0.2) is 14.5 Å². The van der Waals surface area contributed by atoms with Crippen LogP contribution >= 0.6 is 0 Å². The van der Waals surface area contributed by atoms with Crippen LogP contribution in [0, 0.1) is 11.3 Å². The monoisotopic (exact) mass is 262 g/mol. The lowest BCUT2D eigenvalue weighted by Gasteiger charge is -2.19. The first-order chi connectivity index (χ1) is 8.63. The Kier molecular flexibility index (Phi) is 3.80. The van der Waals surface area contributed by atoms with Crippen LogP contribution < -0.4 is 4.72 Å². The van der Waals surface area contributed by atoms with E-state index in [1.165, 1.54) is 12.1 Å². The van der Waals surface area contributed by atoms with E-state index in [1.807, 2.05) is 18.2 Å². The molecule has 2 rings (SSSR count). The maximum atomic E-state index is 12.2. The van der Waals surface area contributed by atoms with Crippen molar-refractivity contribution in [3.05, 3.63) is 42.0 Å². The molecule has 0 aromatic heterocycles. The van der Waals surface area contributed by atoms with Crippen LogP contribution in [0.25, 0.3) is 0 Å². The van der Waals surface area contributed by atoms with E-state index in [-0.39, 0.29) is 16.5 Å². The normalized spacial score (nSPS) is 19.4. The maximum absolute atomic E-state index is 12.2. The number of benzene rings is 1. The molecule has 0 bridgehead atoms. The quantitative estimate of drug-likeness (QED) is 0.846. The van der Waals surface area contributed by atoms with Gasteiger partial charge in [0, 0.05) is 6.04 Å². The summed E-state index contributed by atoms with van der Waals surface area (Å²) in [6.45, 7) is 0. The number of nitriles is 1. The summed E-state index contributed by atoms with van der Waals surface area (Å²) in [5.41, 5.74) is 0.177. The van der Waals surface area contributed by atoms with E-state index in [4.69, 9.17) is 5.26 Å². The maximum Gasteiger partial charge on any atom is 0.242 e. The third kappa shape index (κ3) is 2.78.